The second-order valence-corrected chi connectivity index (χ2v) is 6.51. The molecule has 2 N–H and O–H groups in total. The molecule has 0 saturated heterocycles. The van der Waals surface area contributed by atoms with E-state index in [1.807, 2.05) is 0 Å². The number of anilines is 1. The van der Waals surface area contributed by atoms with Crippen molar-refractivity contribution >= 4 is 41.3 Å². The van der Waals surface area contributed by atoms with E-state index in [2.05, 4.69) is 9.88 Å². The normalized spacial score (nSPS) is 15.0. The molecule has 0 fully saturated rings. The smallest absolute Gasteiger partial charge is 0.375 e. The maximum Gasteiger partial charge on any atom is 0.416 e. The number of nitrogens with zero attached hydrogens (tertiary/aromatic N) is 2. The van der Waals surface area contributed by atoms with Gasteiger partial charge in [0.2, 0.25) is 0 Å². The van der Waals surface area contributed by atoms with Crippen LogP contribution in [0.1, 0.15) is 21.7 Å². The molecule has 1 aliphatic rings. The zero-order valence-corrected chi connectivity index (χ0v) is 15.1. The molecule has 2 aromatic rings. The monoisotopic (exact) mass is 399 g/mol. The Morgan fingerprint density at radius 3 is 2.33 bits per heavy atom. The van der Waals surface area contributed by atoms with Gasteiger partial charge in [0.1, 0.15) is 0 Å². The second kappa shape index (κ2) is 8.38. The molecule has 0 aliphatic carbocycles. The van der Waals surface area contributed by atoms with Gasteiger partial charge in [-0.1, -0.05) is 12.1 Å². The Kier molecular flexibility index (Phi) is 7.34. The molecule has 134 valence electrons. The highest BCUT2D eigenvalue weighted by molar-refractivity contribution is 7.15. The lowest BCUT2D eigenvalue weighted by molar-refractivity contribution is -0.137. The third kappa shape index (κ3) is 4.99. The molecule has 0 radical (unpaired) electrons. The van der Waals surface area contributed by atoms with Crippen LogP contribution in [0.4, 0.5) is 18.3 Å². The molecule has 24 heavy (non-hydrogen) atoms. The fourth-order valence-corrected chi connectivity index (χ4v) is 3.51. The van der Waals surface area contributed by atoms with Crippen molar-refractivity contribution in [1.82, 2.24) is 9.88 Å². The standard InChI is InChI=1S/C15H16F3N3S.2ClH/c16-15(17,18)11-3-1-10(2-4-11)9-21-7-5-12-13(6-8-21)22-14(19)20-12;;/h1-4H,5-9H2,(H2,19,20);2*1H. The van der Waals surface area contributed by atoms with E-state index in [0.29, 0.717) is 11.7 Å². The molecule has 1 aromatic heterocycles. The Morgan fingerprint density at radius 1 is 1.08 bits per heavy atom. The van der Waals surface area contributed by atoms with Gasteiger partial charge in [-0.25, -0.2) is 4.98 Å². The van der Waals surface area contributed by atoms with Gasteiger partial charge in [-0.05, 0) is 24.1 Å². The summed E-state index contributed by atoms with van der Waals surface area (Å²) in [5, 5.41) is 0.612. The molecule has 3 rings (SSSR count). The number of aromatic nitrogens is 1. The van der Waals surface area contributed by atoms with Crippen molar-refractivity contribution in [1.29, 1.82) is 0 Å². The van der Waals surface area contributed by atoms with Crippen molar-refractivity contribution in [2.24, 2.45) is 0 Å². The van der Waals surface area contributed by atoms with Gasteiger partial charge >= 0.3 is 6.18 Å². The predicted octanol–water partition coefficient (Wildman–Crippen LogP) is 4.19. The molecule has 1 aliphatic heterocycles. The first-order chi connectivity index (χ1) is 10.4. The number of benzene rings is 1. The third-order valence-corrected chi connectivity index (χ3v) is 4.79. The average molecular weight is 400 g/mol. The molecule has 1 aromatic carbocycles. The van der Waals surface area contributed by atoms with E-state index < -0.39 is 11.7 Å². The number of fused-ring (bicyclic) bond motifs is 1. The second-order valence-electron chi connectivity index (χ2n) is 5.39. The van der Waals surface area contributed by atoms with Crippen molar-refractivity contribution < 1.29 is 13.2 Å². The van der Waals surface area contributed by atoms with Crippen LogP contribution in [0.25, 0.3) is 0 Å². The predicted molar refractivity (Wildman–Crippen MR) is 95.2 cm³/mol. The Labute approximate surface area is 154 Å². The number of nitrogen functional groups attached to an aromatic ring is 1. The van der Waals surface area contributed by atoms with E-state index in [1.54, 1.807) is 12.1 Å². The van der Waals surface area contributed by atoms with Gasteiger partial charge in [0.05, 0.1) is 11.3 Å². The lowest BCUT2D eigenvalue weighted by atomic mass is 10.1. The molecule has 9 heteroatoms. The zero-order chi connectivity index (χ0) is 15.7. The van der Waals surface area contributed by atoms with Crippen LogP contribution in [0.5, 0.6) is 0 Å². The molecule has 0 spiro atoms. The van der Waals surface area contributed by atoms with Gasteiger partial charge in [-0.3, -0.25) is 4.90 Å². The van der Waals surface area contributed by atoms with Crippen LogP contribution < -0.4 is 5.73 Å². The summed E-state index contributed by atoms with van der Waals surface area (Å²) in [5.74, 6) is 0. The zero-order valence-electron chi connectivity index (χ0n) is 12.7. The van der Waals surface area contributed by atoms with Crippen LogP contribution in [0, 0.1) is 0 Å². The first kappa shape index (κ1) is 21.0. The molecular formula is C15H18Cl2F3N3S. The molecule has 0 saturated carbocycles. The van der Waals surface area contributed by atoms with Crippen LogP contribution >= 0.6 is 36.2 Å². The van der Waals surface area contributed by atoms with Crippen molar-refractivity contribution in [3.63, 3.8) is 0 Å². The fourth-order valence-electron chi connectivity index (χ4n) is 2.64. The third-order valence-electron chi connectivity index (χ3n) is 3.80. The van der Waals surface area contributed by atoms with E-state index in [0.717, 1.165) is 49.3 Å². The van der Waals surface area contributed by atoms with Gasteiger partial charge in [0.15, 0.2) is 5.13 Å². The molecule has 0 bridgehead atoms. The quantitative estimate of drug-likeness (QED) is 0.822. The summed E-state index contributed by atoms with van der Waals surface area (Å²) in [6.07, 6.45) is -2.55. The number of hydrogen-bond donors (Lipinski definition) is 1. The fraction of sp³-hybridized carbons (Fsp3) is 0.400. The molecule has 0 atom stereocenters. The highest BCUT2D eigenvalue weighted by Gasteiger charge is 2.30. The van der Waals surface area contributed by atoms with Crippen LogP contribution in [-0.2, 0) is 25.6 Å². The van der Waals surface area contributed by atoms with Crippen molar-refractivity contribution in [2.75, 3.05) is 18.8 Å². The maximum atomic E-state index is 12.6. The summed E-state index contributed by atoms with van der Waals surface area (Å²) in [6, 6.07) is 5.40. The van der Waals surface area contributed by atoms with Crippen LogP contribution in [0.15, 0.2) is 24.3 Å². The molecule has 0 unspecified atom stereocenters. The van der Waals surface area contributed by atoms with Gasteiger partial charge < -0.3 is 5.73 Å². The maximum absolute atomic E-state index is 12.6. The first-order valence-electron chi connectivity index (χ1n) is 7.04. The Balaban J connectivity index is 0.00000144. The summed E-state index contributed by atoms with van der Waals surface area (Å²) >= 11 is 1.53. The van der Waals surface area contributed by atoms with Gasteiger partial charge in [-0.2, -0.15) is 13.2 Å². The van der Waals surface area contributed by atoms with Crippen LogP contribution in [0.2, 0.25) is 0 Å². The van der Waals surface area contributed by atoms with Gasteiger partial charge in [0.25, 0.3) is 0 Å². The largest absolute Gasteiger partial charge is 0.416 e. The topological polar surface area (TPSA) is 42.1 Å². The van der Waals surface area contributed by atoms with Crippen LogP contribution in [0.3, 0.4) is 0 Å². The van der Waals surface area contributed by atoms with Gasteiger partial charge in [-0.15, -0.1) is 36.2 Å². The number of hydrogen-bond acceptors (Lipinski definition) is 4. The van der Waals surface area contributed by atoms with Gasteiger partial charge in [0, 0.05) is 30.9 Å². The summed E-state index contributed by atoms with van der Waals surface area (Å²) < 4.78 is 37.7. The van der Waals surface area contributed by atoms with Crippen molar-refractivity contribution in [2.45, 2.75) is 25.6 Å². The minimum Gasteiger partial charge on any atom is -0.375 e. The number of rotatable bonds is 2. The number of halogens is 5. The number of nitrogens with two attached hydrogens (primary N) is 1. The van der Waals surface area contributed by atoms with E-state index in [9.17, 15) is 13.2 Å². The minimum atomic E-state index is -4.28. The lowest BCUT2D eigenvalue weighted by Crippen LogP contribution is -2.26. The Morgan fingerprint density at radius 2 is 1.71 bits per heavy atom. The highest BCUT2D eigenvalue weighted by Crippen LogP contribution is 2.29. The Hall–Kier alpha value is -1.02. The van der Waals surface area contributed by atoms with E-state index in [-0.39, 0.29) is 24.8 Å². The summed E-state index contributed by atoms with van der Waals surface area (Å²) in [5.41, 5.74) is 7.08. The van der Waals surface area contributed by atoms with Crippen LogP contribution in [-0.4, -0.2) is 23.0 Å². The van der Waals surface area contributed by atoms with E-state index in [1.165, 1.54) is 16.2 Å². The number of alkyl halides is 3. The average Bonchev–Trinajstić information content (AvgIpc) is 2.72. The first-order valence-corrected chi connectivity index (χ1v) is 7.86. The molecule has 0 amide bonds. The molecular weight excluding hydrogens is 382 g/mol. The summed E-state index contributed by atoms with van der Waals surface area (Å²) in [4.78, 5) is 7.81. The van der Waals surface area contributed by atoms with E-state index >= 15 is 0 Å². The summed E-state index contributed by atoms with van der Waals surface area (Å²) in [6.45, 7) is 2.37. The number of thiazole rings is 1. The Bertz CT molecular complexity index is 633. The lowest BCUT2D eigenvalue weighted by Gasteiger charge is -2.20. The SMILES string of the molecule is Cl.Cl.Nc1nc2c(s1)CCN(Cc1ccc(C(F)(F)F)cc1)CC2. The molecule has 3 nitrogen and oxygen atoms in total. The van der Waals surface area contributed by atoms with Crippen molar-refractivity contribution in [3.8, 4) is 0 Å². The van der Waals surface area contributed by atoms with E-state index in [4.69, 9.17) is 5.73 Å². The van der Waals surface area contributed by atoms with Crippen molar-refractivity contribution in [3.05, 3.63) is 46.0 Å². The molecule has 2 heterocycles. The highest BCUT2D eigenvalue weighted by atomic mass is 35.5. The summed E-state index contributed by atoms with van der Waals surface area (Å²) in [7, 11) is 0. The minimum absolute atomic E-state index is 0.